The van der Waals surface area contributed by atoms with Crippen LogP contribution in [-0.2, 0) is 6.42 Å². The number of anilines is 2. The predicted octanol–water partition coefficient (Wildman–Crippen LogP) is 2.02. The Kier molecular flexibility index (Phi) is 4.82. The number of hydrogen-bond donors (Lipinski definition) is 3. The Labute approximate surface area is 126 Å². The van der Waals surface area contributed by atoms with E-state index >= 15 is 0 Å². The fraction of sp³-hybridized carbons (Fsp3) is 0.286. The average molecular weight is 310 g/mol. The molecule has 2 aromatic rings. The molecule has 0 aliphatic rings. The van der Waals surface area contributed by atoms with Gasteiger partial charge in [-0.2, -0.15) is 0 Å². The largest absolute Gasteiger partial charge is 0.495 e. The van der Waals surface area contributed by atoms with Gasteiger partial charge in [0.05, 0.1) is 18.5 Å². The predicted molar refractivity (Wildman–Crippen MR) is 81.7 cm³/mol. The van der Waals surface area contributed by atoms with Crippen LogP contribution in [0.2, 0.25) is 5.02 Å². The first-order valence-electron chi connectivity index (χ1n) is 6.36. The molecule has 7 heteroatoms. The van der Waals surface area contributed by atoms with Crippen LogP contribution in [0.25, 0.3) is 0 Å². The number of hydrogen-bond acceptors (Lipinski definition) is 5. The third-order valence-electron chi connectivity index (χ3n) is 3.00. The fourth-order valence-electron chi connectivity index (χ4n) is 1.98. The highest BCUT2D eigenvalue weighted by Gasteiger charge is 2.10. The Morgan fingerprint density at radius 1 is 1.48 bits per heavy atom. The maximum absolute atomic E-state index is 12.0. The number of aromatic amines is 1. The summed E-state index contributed by atoms with van der Waals surface area (Å²) in [6.07, 6.45) is 0.273. The molecule has 1 heterocycles. The van der Waals surface area contributed by atoms with Gasteiger partial charge in [-0.1, -0.05) is 11.6 Å². The molecule has 3 N–H and O–H groups in total. The van der Waals surface area contributed by atoms with Crippen molar-refractivity contribution in [2.75, 3.05) is 19.0 Å². The number of H-pyrrole nitrogens is 1. The molecule has 0 bridgehead atoms. The summed E-state index contributed by atoms with van der Waals surface area (Å²) in [6, 6.07) is 5.10. The van der Waals surface area contributed by atoms with Gasteiger partial charge in [0, 0.05) is 23.6 Å². The minimum atomic E-state index is -0.278. The van der Waals surface area contributed by atoms with Gasteiger partial charge in [0.2, 0.25) is 5.95 Å². The summed E-state index contributed by atoms with van der Waals surface area (Å²) in [6.45, 7) is 1.63. The van der Waals surface area contributed by atoms with Crippen LogP contribution >= 0.6 is 11.6 Å². The zero-order valence-electron chi connectivity index (χ0n) is 11.7. The van der Waals surface area contributed by atoms with Crippen LogP contribution in [0.5, 0.6) is 5.75 Å². The number of ether oxygens (including phenoxy) is 1. The van der Waals surface area contributed by atoms with Crippen molar-refractivity contribution in [2.45, 2.75) is 13.3 Å². The lowest BCUT2D eigenvalue weighted by molar-refractivity contribution is 0.298. The van der Waals surface area contributed by atoms with Crippen LogP contribution in [0.1, 0.15) is 11.3 Å². The first-order chi connectivity index (χ1) is 10.0. The summed E-state index contributed by atoms with van der Waals surface area (Å²) in [5.41, 5.74) is 1.36. The normalized spacial score (nSPS) is 10.5. The quantitative estimate of drug-likeness (QED) is 0.786. The minimum absolute atomic E-state index is 0.0967. The van der Waals surface area contributed by atoms with E-state index in [0.717, 1.165) is 0 Å². The molecule has 1 aromatic carbocycles. The van der Waals surface area contributed by atoms with E-state index in [1.807, 2.05) is 0 Å². The number of nitrogens with one attached hydrogen (secondary N) is 2. The Hall–Kier alpha value is -2.05. The van der Waals surface area contributed by atoms with Crippen molar-refractivity contribution in [1.82, 2.24) is 9.97 Å². The number of aliphatic hydroxyl groups is 1. The summed E-state index contributed by atoms with van der Waals surface area (Å²) in [5.74, 6) is 0.874. The molecule has 0 amide bonds. The van der Waals surface area contributed by atoms with Gasteiger partial charge in [-0.05, 0) is 25.1 Å². The van der Waals surface area contributed by atoms with Crippen LogP contribution < -0.4 is 15.6 Å². The van der Waals surface area contributed by atoms with Crippen molar-refractivity contribution in [2.24, 2.45) is 0 Å². The molecule has 0 radical (unpaired) electrons. The van der Waals surface area contributed by atoms with Crippen LogP contribution in [-0.4, -0.2) is 28.8 Å². The highest BCUT2D eigenvalue weighted by atomic mass is 35.5. The molecule has 0 spiro atoms. The molecule has 0 aliphatic carbocycles. The number of halogens is 1. The topological polar surface area (TPSA) is 87.2 Å². The van der Waals surface area contributed by atoms with Crippen LogP contribution in [0.15, 0.2) is 23.0 Å². The van der Waals surface area contributed by atoms with Gasteiger partial charge >= 0.3 is 0 Å². The van der Waals surface area contributed by atoms with E-state index in [-0.39, 0.29) is 18.6 Å². The smallest absolute Gasteiger partial charge is 0.255 e. The molecule has 21 heavy (non-hydrogen) atoms. The lowest BCUT2D eigenvalue weighted by Gasteiger charge is -2.12. The van der Waals surface area contributed by atoms with Crippen molar-refractivity contribution >= 4 is 23.2 Å². The van der Waals surface area contributed by atoms with Gasteiger partial charge in [-0.25, -0.2) is 4.98 Å². The lowest BCUT2D eigenvalue weighted by atomic mass is 10.2. The van der Waals surface area contributed by atoms with E-state index in [0.29, 0.717) is 33.7 Å². The van der Waals surface area contributed by atoms with Crippen LogP contribution in [0.4, 0.5) is 11.6 Å². The van der Waals surface area contributed by atoms with Gasteiger partial charge < -0.3 is 15.2 Å². The molecule has 2 rings (SSSR count). The van der Waals surface area contributed by atoms with Crippen molar-refractivity contribution < 1.29 is 9.84 Å². The average Bonchev–Trinajstić information content (AvgIpc) is 2.43. The number of aliphatic hydroxyl groups excluding tert-OH is 1. The van der Waals surface area contributed by atoms with Gasteiger partial charge in [-0.3, -0.25) is 9.78 Å². The molecule has 0 atom stereocenters. The van der Waals surface area contributed by atoms with Gasteiger partial charge in [0.1, 0.15) is 5.75 Å². The second-order valence-electron chi connectivity index (χ2n) is 4.42. The standard InChI is InChI=1S/C14H16ClN3O3/c1-8-10(5-6-19)13(20)18-14(16-8)17-11-7-9(15)3-4-12(11)21-2/h3-4,7,19H,5-6H2,1-2H3,(H2,16,17,18,20). The van der Waals surface area contributed by atoms with Crippen molar-refractivity contribution in [3.05, 3.63) is 44.8 Å². The maximum Gasteiger partial charge on any atom is 0.255 e. The van der Waals surface area contributed by atoms with Gasteiger partial charge in [0.25, 0.3) is 5.56 Å². The molecule has 0 fully saturated rings. The zero-order chi connectivity index (χ0) is 15.4. The Morgan fingerprint density at radius 3 is 2.86 bits per heavy atom. The molecule has 112 valence electrons. The summed E-state index contributed by atoms with van der Waals surface area (Å²) in [4.78, 5) is 18.9. The Bertz CT molecular complexity index is 700. The maximum atomic E-state index is 12.0. The number of benzene rings is 1. The van der Waals surface area contributed by atoms with E-state index in [4.69, 9.17) is 21.4 Å². The first kappa shape index (κ1) is 15.3. The zero-order valence-corrected chi connectivity index (χ0v) is 12.5. The highest BCUT2D eigenvalue weighted by Crippen LogP contribution is 2.29. The van der Waals surface area contributed by atoms with E-state index in [1.54, 1.807) is 32.2 Å². The van der Waals surface area contributed by atoms with E-state index in [9.17, 15) is 4.79 Å². The SMILES string of the molecule is COc1ccc(Cl)cc1Nc1nc(C)c(CCO)c(=O)[nH]1. The van der Waals surface area contributed by atoms with E-state index in [1.165, 1.54) is 0 Å². The second kappa shape index (κ2) is 6.60. The molecule has 0 saturated carbocycles. The lowest BCUT2D eigenvalue weighted by Crippen LogP contribution is -2.19. The van der Waals surface area contributed by atoms with Crippen LogP contribution in [0, 0.1) is 6.92 Å². The summed E-state index contributed by atoms with van der Waals surface area (Å²) in [5, 5.41) is 12.5. The molecule has 1 aromatic heterocycles. The highest BCUT2D eigenvalue weighted by molar-refractivity contribution is 6.30. The van der Waals surface area contributed by atoms with Crippen molar-refractivity contribution in [1.29, 1.82) is 0 Å². The Morgan fingerprint density at radius 2 is 2.24 bits per heavy atom. The number of aryl methyl sites for hydroxylation is 1. The van der Waals surface area contributed by atoms with Gasteiger partial charge in [-0.15, -0.1) is 0 Å². The summed E-state index contributed by atoms with van der Waals surface area (Å²) < 4.78 is 5.22. The van der Waals surface area contributed by atoms with Crippen LogP contribution in [0.3, 0.4) is 0 Å². The van der Waals surface area contributed by atoms with Gasteiger partial charge in [0.15, 0.2) is 0 Å². The molecule has 0 unspecified atom stereocenters. The number of rotatable bonds is 5. The number of aromatic nitrogens is 2. The second-order valence-corrected chi connectivity index (χ2v) is 4.86. The monoisotopic (exact) mass is 309 g/mol. The first-order valence-corrected chi connectivity index (χ1v) is 6.74. The third kappa shape index (κ3) is 3.53. The molecular weight excluding hydrogens is 294 g/mol. The summed E-state index contributed by atoms with van der Waals surface area (Å²) >= 11 is 5.95. The fourth-order valence-corrected chi connectivity index (χ4v) is 2.15. The molecule has 6 nitrogen and oxygen atoms in total. The number of nitrogens with zero attached hydrogens (tertiary/aromatic N) is 1. The minimum Gasteiger partial charge on any atom is -0.495 e. The van der Waals surface area contributed by atoms with E-state index in [2.05, 4.69) is 15.3 Å². The summed E-state index contributed by atoms with van der Waals surface area (Å²) in [7, 11) is 1.54. The van der Waals surface area contributed by atoms with Crippen molar-refractivity contribution in [3.8, 4) is 5.75 Å². The van der Waals surface area contributed by atoms with E-state index < -0.39 is 0 Å². The molecule has 0 saturated heterocycles. The molecular formula is C14H16ClN3O3. The van der Waals surface area contributed by atoms with Crippen molar-refractivity contribution in [3.63, 3.8) is 0 Å². The number of methoxy groups -OCH3 is 1. The third-order valence-corrected chi connectivity index (χ3v) is 3.23. The molecule has 0 aliphatic heterocycles. The Balaban J connectivity index is 2.36.